The summed E-state index contributed by atoms with van der Waals surface area (Å²) in [6.45, 7) is 3.91. The average molecular weight is 209 g/mol. The van der Waals surface area contributed by atoms with Crippen LogP contribution in [-0.2, 0) is 11.3 Å². The van der Waals surface area contributed by atoms with E-state index < -0.39 is 0 Å². The minimum atomic E-state index is 0.273. The Balaban J connectivity index is 2.17. The van der Waals surface area contributed by atoms with Gasteiger partial charge in [-0.2, -0.15) is 5.10 Å². The van der Waals surface area contributed by atoms with E-state index in [2.05, 4.69) is 23.4 Å². The SMILES string of the molecule is CCn1nccc1C(NC)C1CCCO1. The number of nitrogens with one attached hydrogen (secondary N) is 1. The monoisotopic (exact) mass is 209 g/mol. The van der Waals surface area contributed by atoms with Gasteiger partial charge < -0.3 is 10.1 Å². The fourth-order valence-corrected chi connectivity index (χ4v) is 2.26. The Bertz CT molecular complexity index is 305. The molecule has 0 spiro atoms. The highest BCUT2D eigenvalue weighted by molar-refractivity contribution is 5.09. The van der Waals surface area contributed by atoms with Gasteiger partial charge in [-0.25, -0.2) is 0 Å². The molecule has 0 amide bonds. The summed E-state index contributed by atoms with van der Waals surface area (Å²) in [7, 11) is 1.99. The molecule has 15 heavy (non-hydrogen) atoms. The number of aryl methyl sites for hydroxylation is 1. The predicted molar refractivity (Wildman–Crippen MR) is 58.7 cm³/mol. The van der Waals surface area contributed by atoms with Gasteiger partial charge in [-0.05, 0) is 32.9 Å². The second kappa shape index (κ2) is 4.77. The third kappa shape index (κ3) is 2.06. The van der Waals surface area contributed by atoms with E-state index in [0.29, 0.717) is 6.10 Å². The zero-order valence-electron chi connectivity index (χ0n) is 9.44. The lowest BCUT2D eigenvalue weighted by Crippen LogP contribution is -2.31. The Hall–Kier alpha value is -0.870. The Kier molecular flexibility index (Phi) is 3.38. The minimum Gasteiger partial charge on any atom is -0.376 e. The molecule has 1 aromatic rings. The van der Waals surface area contributed by atoms with Crippen molar-refractivity contribution in [1.29, 1.82) is 0 Å². The molecule has 0 bridgehead atoms. The van der Waals surface area contributed by atoms with Crippen molar-refractivity contribution < 1.29 is 4.74 Å². The highest BCUT2D eigenvalue weighted by Gasteiger charge is 2.27. The summed E-state index contributed by atoms with van der Waals surface area (Å²) in [6, 6.07) is 2.35. The van der Waals surface area contributed by atoms with Crippen LogP contribution < -0.4 is 5.32 Å². The molecule has 1 aliphatic heterocycles. The van der Waals surface area contributed by atoms with Crippen molar-refractivity contribution in [3.63, 3.8) is 0 Å². The van der Waals surface area contributed by atoms with Gasteiger partial charge in [0.25, 0.3) is 0 Å². The highest BCUT2D eigenvalue weighted by Crippen LogP contribution is 2.26. The lowest BCUT2D eigenvalue weighted by Gasteiger charge is -2.23. The molecule has 4 heteroatoms. The number of hydrogen-bond donors (Lipinski definition) is 1. The van der Waals surface area contributed by atoms with E-state index in [1.54, 1.807) is 0 Å². The summed E-state index contributed by atoms with van der Waals surface area (Å²) in [5.74, 6) is 0. The van der Waals surface area contributed by atoms with Gasteiger partial charge in [0.05, 0.1) is 17.8 Å². The third-order valence-electron chi connectivity index (χ3n) is 3.02. The van der Waals surface area contributed by atoms with Crippen molar-refractivity contribution >= 4 is 0 Å². The Morgan fingerprint density at radius 1 is 1.73 bits per heavy atom. The highest BCUT2D eigenvalue weighted by atomic mass is 16.5. The minimum absolute atomic E-state index is 0.273. The smallest absolute Gasteiger partial charge is 0.0785 e. The van der Waals surface area contributed by atoms with Crippen LogP contribution in [-0.4, -0.2) is 29.5 Å². The number of aromatic nitrogens is 2. The van der Waals surface area contributed by atoms with Crippen LogP contribution in [0.1, 0.15) is 31.5 Å². The second-order valence-electron chi connectivity index (χ2n) is 3.89. The lowest BCUT2D eigenvalue weighted by atomic mass is 10.0. The predicted octanol–water partition coefficient (Wildman–Crippen LogP) is 1.34. The Morgan fingerprint density at radius 3 is 3.20 bits per heavy atom. The van der Waals surface area contributed by atoms with Crippen molar-refractivity contribution in [2.24, 2.45) is 0 Å². The van der Waals surface area contributed by atoms with E-state index >= 15 is 0 Å². The second-order valence-corrected chi connectivity index (χ2v) is 3.89. The average Bonchev–Trinajstić information content (AvgIpc) is 2.89. The summed E-state index contributed by atoms with van der Waals surface area (Å²) in [6.07, 6.45) is 4.47. The van der Waals surface area contributed by atoms with Gasteiger partial charge >= 0.3 is 0 Å². The van der Waals surface area contributed by atoms with E-state index in [1.807, 2.05) is 17.9 Å². The molecule has 1 N–H and O–H groups in total. The first-order valence-electron chi connectivity index (χ1n) is 5.67. The van der Waals surface area contributed by atoms with Crippen molar-refractivity contribution in [3.05, 3.63) is 18.0 Å². The molecule has 0 aromatic carbocycles. The Morgan fingerprint density at radius 2 is 2.60 bits per heavy atom. The maximum absolute atomic E-state index is 5.73. The number of nitrogens with zero attached hydrogens (tertiary/aromatic N) is 2. The molecular formula is C11H19N3O. The number of ether oxygens (including phenoxy) is 1. The summed E-state index contributed by atoms with van der Waals surface area (Å²) in [5.41, 5.74) is 1.23. The molecule has 0 saturated carbocycles. The largest absolute Gasteiger partial charge is 0.376 e. The first kappa shape index (κ1) is 10.6. The maximum atomic E-state index is 5.73. The lowest BCUT2D eigenvalue weighted by molar-refractivity contribution is 0.0780. The molecule has 1 fully saturated rings. The summed E-state index contributed by atoms with van der Waals surface area (Å²) in [4.78, 5) is 0. The fourth-order valence-electron chi connectivity index (χ4n) is 2.26. The van der Waals surface area contributed by atoms with Crippen LogP contribution >= 0.6 is 0 Å². The zero-order chi connectivity index (χ0) is 10.7. The normalized spacial score (nSPS) is 23.2. The Labute approximate surface area is 90.6 Å². The van der Waals surface area contributed by atoms with E-state index in [0.717, 1.165) is 19.6 Å². The van der Waals surface area contributed by atoms with Gasteiger partial charge in [0.15, 0.2) is 0 Å². The molecule has 0 aliphatic carbocycles. The zero-order valence-corrected chi connectivity index (χ0v) is 9.44. The van der Waals surface area contributed by atoms with Crippen LogP contribution in [0.2, 0.25) is 0 Å². The molecule has 4 nitrogen and oxygen atoms in total. The van der Waals surface area contributed by atoms with Crippen molar-refractivity contribution in [2.75, 3.05) is 13.7 Å². The number of hydrogen-bond acceptors (Lipinski definition) is 3. The topological polar surface area (TPSA) is 39.1 Å². The quantitative estimate of drug-likeness (QED) is 0.813. The molecule has 1 saturated heterocycles. The van der Waals surface area contributed by atoms with Gasteiger partial charge in [-0.3, -0.25) is 4.68 Å². The summed E-state index contributed by atoms with van der Waals surface area (Å²) in [5, 5.41) is 7.63. The maximum Gasteiger partial charge on any atom is 0.0785 e. The van der Waals surface area contributed by atoms with Crippen LogP contribution in [0.3, 0.4) is 0 Å². The molecule has 2 unspecified atom stereocenters. The van der Waals surface area contributed by atoms with Gasteiger partial charge in [-0.15, -0.1) is 0 Å². The standard InChI is InChI=1S/C11H19N3O/c1-3-14-9(6-7-13-14)11(12-2)10-5-4-8-15-10/h6-7,10-12H,3-5,8H2,1-2H3. The first-order valence-corrected chi connectivity index (χ1v) is 5.67. The van der Waals surface area contributed by atoms with Gasteiger partial charge in [0.1, 0.15) is 0 Å². The van der Waals surface area contributed by atoms with Gasteiger partial charge in [0, 0.05) is 19.3 Å². The molecule has 1 aromatic heterocycles. The van der Waals surface area contributed by atoms with Gasteiger partial charge in [-0.1, -0.05) is 0 Å². The molecule has 1 aliphatic rings. The summed E-state index contributed by atoms with van der Waals surface area (Å²) >= 11 is 0. The number of likely N-dealkylation sites (N-methyl/N-ethyl adjacent to an activating group) is 1. The molecular weight excluding hydrogens is 190 g/mol. The van der Waals surface area contributed by atoms with Crippen LogP contribution in [0.25, 0.3) is 0 Å². The number of rotatable bonds is 4. The van der Waals surface area contributed by atoms with E-state index in [-0.39, 0.29) is 6.04 Å². The van der Waals surface area contributed by atoms with Crippen LogP contribution in [0.15, 0.2) is 12.3 Å². The van der Waals surface area contributed by atoms with Crippen LogP contribution in [0.4, 0.5) is 0 Å². The summed E-state index contributed by atoms with van der Waals surface area (Å²) < 4.78 is 7.76. The molecule has 2 atom stereocenters. The molecule has 2 rings (SSSR count). The fraction of sp³-hybridized carbons (Fsp3) is 0.727. The van der Waals surface area contributed by atoms with E-state index in [9.17, 15) is 0 Å². The van der Waals surface area contributed by atoms with E-state index in [4.69, 9.17) is 4.74 Å². The van der Waals surface area contributed by atoms with Crippen molar-refractivity contribution in [3.8, 4) is 0 Å². The first-order chi connectivity index (χ1) is 7.36. The van der Waals surface area contributed by atoms with Crippen molar-refractivity contribution in [2.45, 2.75) is 38.5 Å². The molecule has 0 radical (unpaired) electrons. The van der Waals surface area contributed by atoms with Crippen molar-refractivity contribution in [1.82, 2.24) is 15.1 Å². The molecule has 84 valence electrons. The third-order valence-corrected chi connectivity index (χ3v) is 3.02. The van der Waals surface area contributed by atoms with Crippen LogP contribution in [0.5, 0.6) is 0 Å². The van der Waals surface area contributed by atoms with E-state index in [1.165, 1.54) is 12.1 Å². The van der Waals surface area contributed by atoms with Gasteiger partial charge in [0.2, 0.25) is 0 Å². The van der Waals surface area contributed by atoms with Crippen LogP contribution in [0, 0.1) is 0 Å². The molecule has 2 heterocycles.